The van der Waals surface area contributed by atoms with Crippen LogP contribution in [0.5, 0.6) is 0 Å². The summed E-state index contributed by atoms with van der Waals surface area (Å²) in [4.78, 5) is 0. The Labute approximate surface area is 180 Å². The fourth-order valence-electron chi connectivity index (χ4n) is 4.94. The van der Waals surface area contributed by atoms with E-state index in [0.29, 0.717) is 25.1 Å². The zero-order chi connectivity index (χ0) is 22.4. The van der Waals surface area contributed by atoms with Gasteiger partial charge in [0.2, 0.25) is 10.0 Å². The minimum Gasteiger partial charge on any atom is -0.294 e. The number of sulfonamides is 1. The van der Waals surface area contributed by atoms with Crippen LogP contribution in [0, 0.1) is 5.92 Å². The number of hydrazine groups is 1. The summed E-state index contributed by atoms with van der Waals surface area (Å²) in [5.41, 5.74) is 3.45. The average Bonchev–Trinajstić information content (AvgIpc) is 3.18. The maximum Gasteiger partial charge on any atom is 0.416 e. The van der Waals surface area contributed by atoms with Crippen LogP contribution in [-0.2, 0) is 16.2 Å². The topological polar surface area (TPSA) is 76.7 Å². The molecule has 1 aromatic rings. The van der Waals surface area contributed by atoms with Crippen molar-refractivity contribution in [2.45, 2.75) is 43.3 Å². The van der Waals surface area contributed by atoms with Crippen LogP contribution < -0.4 is 16.1 Å². The summed E-state index contributed by atoms with van der Waals surface area (Å²) in [5.74, 6) is 0.186. The number of nitrogens with zero attached hydrogens (tertiary/aromatic N) is 2. The predicted octanol–water partition coefficient (Wildman–Crippen LogP) is 1.64. The van der Waals surface area contributed by atoms with Gasteiger partial charge in [-0.25, -0.2) is 13.4 Å². The first-order chi connectivity index (χ1) is 14.6. The van der Waals surface area contributed by atoms with E-state index >= 15 is 0 Å². The Morgan fingerprint density at radius 2 is 1.81 bits per heavy atom. The molecule has 3 saturated heterocycles. The van der Waals surface area contributed by atoms with Gasteiger partial charge in [-0.15, -0.1) is 0 Å². The zero-order valence-corrected chi connectivity index (χ0v) is 18.1. The third kappa shape index (κ3) is 4.67. The van der Waals surface area contributed by atoms with Crippen LogP contribution >= 0.6 is 0 Å². The number of alkyl halides is 3. The molecule has 0 spiro atoms. The van der Waals surface area contributed by atoms with E-state index < -0.39 is 21.8 Å². The number of rotatable bonds is 4. The molecule has 7 nitrogen and oxygen atoms in total. The SMILES string of the molecule is C=CS(=O)(=O)N1CCC2C(C1)NC(c1ccc(C(F)(F)F)cc1)NC2C1CCN(C)N1. The molecule has 172 valence electrons. The van der Waals surface area contributed by atoms with Crippen molar-refractivity contribution in [3.8, 4) is 0 Å². The molecular formula is C20H28F3N5O2S. The summed E-state index contributed by atoms with van der Waals surface area (Å²) in [6.07, 6.45) is -3.15. The second-order valence-corrected chi connectivity index (χ2v) is 10.4. The van der Waals surface area contributed by atoms with E-state index in [4.69, 9.17) is 0 Å². The smallest absolute Gasteiger partial charge is 0.294 e. The van der Waals surface area contributed by atoms with E-state index in [0.717, 1.165) is 30.5 Å². The second kappa shape index (κ2) is 8.45. The lowest BCUT2D eigenvalue weighted by molar-refractivity contribution is -0.137. The third-order valence-corrected chi connectivity index (χ3v) is 8.04. The molecule has 0 radical (unpaired) electrons. The Morgan fingerprint density at radius 1 is 1.10 bits per heavy atom. The van der Waals surface area contributed by atoms with Gasteiger partial charge in [0.15, 0.2) is 0 Å². The molecule has 3 fully saturated rings. The largest absolute Gasteiger partial charge is 0.416 e. The second-order valence-electron chi connectivity index (χ2n) is 8.49. The van der Waals surface area contributed by atoms with Gasteiger partial charge in [-0.05, 0) is 36.5 Å². The van der Waals surface area contributed by atoms with Gasteiger partial charge in [0.05, 0.1) is 11.7 Å². The summed E-state index contributed by atoms with van der Waals surface area (Å²) in [7, 11) is -1.56. The Bertz CT molecular complexity index is 908. The van der Waals surface area contributed by atoms with E-state index in [2.05, 4.69) is 22.6 Å². The summed E-state index contributed by atoms with van der Waals surface area (Å²) in [6.45, 7) is 5.04. The summed E-state index contributed by atoms with van der Waals surface area (Å²) >= 11 is 0. The summed E-state index contributed by atoms with van der Waals surface area (Å²) < 4.78 is 65.0. The Hall–Kier alpha value is -1.50. The molecule has 0 aliphatic carbocycles. The van der Waals surface area contributed by atoms with Gasteiger partial charge >= 0.3 is 6.18 Å². The maximum absolute atomic E-state index is 13.0. The molecule has 4 rings (SSSR count). The molecule has 3 aliphatic rings. The lowest BCUT2D eigenvalue weighted by Gasteiger charge is -2.50. The Kier molecular flexibility index (Phi) is 6.18. The van der Waals surface area contributed by atoms with Gasteiger partial charge in [-0.3, -0.25) is 16.1 Å². The lowest BCUT2D eigenvalue weighted by atomic mass is 9.79. The van der Waals surface area contributed by atoms with Crippen LogP contribution in [0.15, 0.2) is 36.3 Å². The van der Waals surface area contributed by atoms with Crippen LogP contribution in [-0.4, -0.2) is 62.5 Å². The number of halogens is 3. The summed E-state index contributed by atoms with van der Waals surface area (Å²) in [5, 5.41) is 10.0. The van der Waals surface area contributed by atoms with E-state index in [1.807, 2.05) is 12.1 Å². The van der Waals surface area contributed by atoms with Crippen LogP contribution in [0.4, 0.5) is 13.2 Å². The molecule has 3 N–H and O–H groups in total. The van der Waals surface area contributed by atoms with Gasteiger partial charge in [-0.2, -0.15) is 17.5 Å². The maximum atomic E-state index is 13.0. The molecule has 31 heavy (non-hydrogen) atoms. The number of hydrogen-bond acceptors (Lipinski definition) is 6. The van der Waals surface area contributed by atoms with Crippen molar-refractivity contribution >= 4 is 10.0 Å². The summed E-state index contributed by atoms with van der Waals surface area (Å²) in [6, 6.07) is 5.19. The number of hydrogen-bond donors (Lipinski definition) is 3. The van der Waals surface area contributed by atoms with Gasteiger partial charge in [0, 0.05) is 50.2 Å². The van der Waals surface area contributed by atoms with Gasteiger partial charge in [0.1, 0.15) is 0 Å². The molecule has 5 atom stereocenters. The van der Waals surface area contributed by atoms with E-state index in [-0.39, 0.29) is 30.2 Å². The highest BCUT2D eigenvalue weighted by Gasteiger charge is 2.46. The third-order valence-electron chi connectivity index (χ3n) is 6.57. The number of piperidine rings is 1. The van der Waals surface area contributed by atoms with Crippen molar-refractivity contribution in [3.05, 3.63) is 47.4 Å². The monoisotopic (exact) mass is 459 g/mol. The molecule has 5 unspecified atom stereocenters. The van der Waals surface area contributed by atoms with E-state index in [1.165, 1.54) is 16.4 Å². The molecule has 3 aliphatic heterocycles. The minimum atomic E-state index is -4.39. The van der Waals surface area contributed by atoms with Crippen molar-refractivity contribution < 1.29 is 21.6 Å². The van der Waals surface area contributed by atoms with Crippen LogP contribution in [0.25, 0.3) is 0 Å². The van der Waals surface area contributed by atoms with Crippen molar-refractivity contribution in [3.63, 3.8) is 0 Å². The molecule has 0 amide bonds. The Balaban J connectivity index is 1.59. The first-order valence-corrected chi connectivity index (χ1v) is 11.9. The van der Waals surface area contributed by atoms with Gasteiger partial charge < -0.3 is 0 Å². The van der Waals surface area contributed by atoms with Crippen molar-refractivity contribution in [2.75, 3.05) is 26.7 Å². The molecule has 0 aromatic heterocycles. The molecule has 11 heteroatoms. The van der Waals surface area contributed by atoms with Crippen molar-refractivity contribution in [2.24, 2.45) is 5.92 Å². The highest BCUT2D eigenvalue weighted by Crippen LogP contribution is 2.34. The highest BCUT2D eigenvalue weighted by atomic mass is 32.2. The van der Waals surface area contributed by atoms with Crippen LogP contribution in [0.1, 0.15) is 30.1 Å². The number of nitrogens with one attached hydrogen (secondary N) is 3. The fourth-order valence-corrected chi connectivity index (χ4v) is 5.88. The molecule has 0 bridgehead atoms. The quantitative estimate of drug-likeness (QED) is 0.636. The van der Waals surface area contributed by atoms with Crippen molar-refractivity contribution in [1.82, 2.24) is 25.4 Å². The lowest BCUT2D eigenvalue weighted by Crippen LogP contribution is -2.68. The highest BCUT2D eigenvalue weighted by molar-refractivity contribution is 7.92. The molecule has 1 aromatic carbocycles. The zero-order valence-electron chi connectivity index (χ0n) is 17.3. The Morgan fingerprint density at radius 3 is 2.39 bits per heavy atom. The standard InChI is InChI=1S/C20H28F3N5O2S/c1-3-31(29,30)28-11-8-15-17(12-28)24-19(25-18(15)16-9-10-27(2)26-16)13-4-6-14(7-5-13)20(21,22)23/h3-7,15-19,24-26H,1,8-12H2,2H3. The first-order valence-electron chi connectivity index (χ1n) is 10.4. The van der Waals surface area contributed by atoms with Crippen LogP contribution in [0.3, 0.4) is 0 Å². The molecular weight excluding hydrogens is 431 g/mol. The number of fused-ring (bicyclic) bond motifs is 1. The van der Waals surface area contributed by atoms with Crippen LogP contribution in [0.2, 0.25) is 0 Å². The average molecular weight is 460 g/mol. The van der Waals surface area contributed by atoms with E-state index in [9.17, 15) is 21.6 Å². The minimum absolute atomic E-state index is 0.0528. The van der Waals surface area contributed by atoms with E-state index in [1.54, 1.807) is 0 Å². The molecule has 3 heterocycles. The number of benzene rings is 1. The fraction of sp³-hybridized carbons (Fsp3) is 0.600. The predicted molar refractivity (Wildman–Crippen MR) is 111 cm³/mol. The molecule has 0 saturated carbocycles. The van der Waals surface area contributed by atoms with Crippen molar-refractivity contribution in [1.29, 1.82) is 0 Å². The van der Waals surface area contributed by atoms with Gasteiger partial charge in [-0.1, -0.05) is 18.7 Å². The first kappa shape index (κ1) is 22.7. The normalized spacial score (nSPS) is 33.2. The van der Waals surface area contributed by atoms with Gasteiger partial charge in [0.25, 0.3) is 0 Å².